The van der Waals surface area contributed by atoms with Gasteiger partial charge in [-0.25, -0.2) is 5.01 Å². The Hall–Kier alpha value is -3.61. The highest BCUT2D eigenvalue weighted by Crippen LogP contribution is 2.36. The van der Waals surface area contributed by atoms with Gasteiger partial charge in [-0.2, -0.15) is 5.10 Å². The van der Waals surface area contributed by atoms with E-state index in [0.29, 0.717) is 12.2 Å². The minimum Gasteiger partial charge on any atom is -0.342 e. The van der Waals surface area contributed by atoms with Crippen LogP contribution >= 0.6 is 27.7 Å². The highest BCUT2D eigenvalue weighted by Gasteiger charge is 2.33. The predicted octanol–water partition coefficient (Wildman–Crippen LogP) is 8.54. The molecule has 40 heavy (non-hydrogen) atoms. The van der Waals surface area contributed by atoms with Crippen molar-refractivity contribution in [3.63, 3.8) is 0 Å². The van der Waals surface area contributed by atoms with Gasteiger partial charge in [0.2, 0.25) is 0 Å². The predicted molar refractivity (Wildman–Crippen MR) is 169 cm³/mol. The molecule has 0 N–H and O–H groups in total. The highest BCUT2D eigenvalue weighted by molar-refractivity contribution is 9.10. The molecule has 1 amide bonds. The molecular formula is C34H30BrN3OS. The van der Waals surface area contributed by atoms with Crippen LogP contribution in [0.3, 0.4) is 0 Å². The number of benzene rings is 4. The number of para-hydroxylation sites is 1. The lowest BCUT2D eigenvalue weighted by Gasteiger charge is -2.22. The fraction of sp³-hybridized carbons (Fsp3) is 0.176. The number of amides is 1. The standard InChI is InChI=1S/C34H30BrN3OS/c1-23-10-12-27(13-11-23)32-19-30(26-14-16-28(35)17-15-26)36-38(32)34(39)22-40-33-21-37(31-9-4-3-8-29(31)33)20-25-7-5-6-24(2)18-25/h3-18,21,32H,19-20,22H2,1-2H3. The van der Waals surface area contributed by atoms with Crippen molar-refractivity contribution in [1.82, 2.24) is 9.58 Å². The lowest BCUT2D eigenvalue weighted by molar-refractivity contribution is -0.130. The van der Waals surface area contributed by atoms with Crippen molar-refractivity contribution in [1.29, 1.82) is 0 Å². The molecule has 200 valence electrons. The summed E-state index contributed by atoms with van der Waals surface area (Å²) < 4.78 is 3.31. The van der Waals surface area contributed by atoms with Crippen LogP contribution in [0.2, 0.25) is 0 Å². The molecule has 4 nitrogen and oxygen atoms in total. The average molecular weight is 609 g/mol. The molecule has 0 saturated carbocycles. The quantitative estimate of drug-likeness (QED) is 0.174. The van der Waals surface area contributed by atoms with Crippen LogP contribution in [0.5, 0.6) is 0 Å². The first-order valence-electron chi connectivity index (χ1n) is 13.4. The molecule has 0 aliphatic carbocycles. The van der Waals surface area contributed by atoms with E-state index >= 15 is 0 Å². The highest BCUT2D eigenvalue weighted by atomic mass is 79.9. The van der Waals surface area contributed by atoms with Gasteiger partial charge in [-0.15, -0.1) is 11.8 Å². The molecule has 0 fully saturated rings. The van der Waals surface area contributed by atoms with Gasteiger partial charge in [0, 0.05) is 39.4 Å². The van der Waals surface area contributed by atoms with Crippen LogP contribution in [0, 0.1) is 13.8 Å². The van der Waals surface area contributed by atoms with Crippen molar-refractivity contribution < 1.29 is 4.79 Å². The van der Waals surface area contributed by atoms with Crippen molar-refractivity contribution in [2.24, 2.45) is 5.10 Å². The largest absolute Gasteiger partial charge is 0.342 e. The fourth-order valence-electron chi connectivity index (χ4n) is 5.28. The second-order valence-corrected chi connectivity index (χ2v) is 12.3. The van der Waals surface area contributed by atoms with Crippen molar-refractivity contribution in [2.45, 2.75) is 37.8 Å². The Morgan fingerprint density at radius 1 is 0.925 bits per heavy atom. The Labute approximate surface area is 247 Å². The third-order valence-electron chi connectivity index (χ3n) is 7.34. The van der Waals surface area contributed by atoms with Gasteiger partial charge in [0.05, 0.1) is 17.5 Å². The minimum absolute atomic E-state index is 0.0122. The number of halogens is 1. The Bertz CT molecular complexity index is 1710. The molecule has 0 saturated heterocycles. The molecule has 4 aromatic carbocycles. The van der Waals surface area contributed by atoms with E-state index in [2.05, 4.69) is 125 Å². The molecule has 6 rings (SSSR count). The van der Waals surface area contributed by atoms with E-state index in [4.69, 9.17) is 5.10 Å². The summed E-state index contributed by atoms with van der Waals surface area (Å²) in [6.07, 6.45) is 2.87. The molecule has 2 heterocycles. The molecular weight excluding hydrogens is 578 g/mol. The number of thioether (sulfide) groups is 1. The summed E-state index contributed by atoms with van der Waals surface area (Å²) in [6, 6.07) is 33.5. The van der Waals surface area contributed by atoms with Crippen LogP contribution < -0.4 is 0 Å². The second-order valence-electron chi connectivity index (χ2n) is 10.3. The van der Waals surface area contributed by atoms with E-state index in [9.17, 15) is 4.79 Å². The molecule has 1 unspecified atom stereocenters. The Morgan fingerprint density at radius 3 is 2.48 bits per heavy atom. The fourth-order valence-corrected chi connectivity index (χ4v) is 6.48. The molecule has 1 aliphatic rings. The van der Waals surface area contributed by atoms with Crippen molar-refractivity contribution in [3.8, 4) is 0 Å². The Balaban J connectivity index is 1.26. The smallest absolute Gasteiger partial charge is 0.253 e. The summed E-state index contributed by atoms with van der Waals surface area (Å²) >= 11 is 5.11. The van der Waals surface area contributed by atoms with E-state index < -0.39 is 0 Å². The average Bonchev–Trinajstić information content (AvgIpc) is 3.55. The van der Waals surface area contributed by atoms with E-state index in [1.165, 1.54) is 27.6 Å². The lowest BCUT2D eigenvalue weighted by atomic mass is 9.98. The van der Waals surface area contributed by atoms with Crippen LogP contribution in [-0.2, 0) is 11.3 Å². The number of hydrazone groups is 1. The van der Waals surface area contributed by atoms with Gasteiger partial charge < -0.3 is 4.57 Å². The maximum Gasteiger partial charge on any atom is 0.253 e. The first kappa shape index (κ1) is 26.6. The molecule has 0 radical (unpaired) electrons. The van der Waals surface area contributed by atoms with Crippen LogP contribution in [0.4, 0.5) is 0 Å². The maximum absolute atomic E-state index is 13.8. The molecule has 0 spiro atoms. The van der Waals surface area contributed by atoms with Crippen LogP contribution in [0.1, 0.15) is 40.3 Å². The van der Waals surface area contributed by atoms with E-state index in [-0.39, 0.29) is 11.9 Å². The summed E-state index contributed by atoms with van der Waals surface area (Å²) in [7, 11) is 0. The topological polar surface area (TPSA) is 37.6 Å². The number of hydrogen-bond acceptors (Lipinski definition) is 3. The zero-order valence-electron chi connectivity index (χ0n) is 22.5. The van der Waals surface area contributed by atoms with Gasteiger partial charge >= 0.3 is 0 Å². The lowest BCUT2D eigenvalue weighted by Crippen LogP contribution is -2.28. The number of aromatic nitrogens is 1. The molecule has 6 heteroatoms. The maximum atomic E-state index is 13.8. The Morgan fingerprint density at radius 2 is 1.70 bits per heavy atom. The number of aryl methyl sites for hydroxylation is 2. The van der Waals surface area contributed by atoms with Crippen molar-refractivity contribution in [2.75, 3.05) is 5.75 Å². The number of fused-ring (bicyclic) bond motifs is 1. The summed E-state index contributed by atoms with van der Waals surface area (Å²) in [6.45, 7) is 4.99. The van der Waals surface area contributed by atoms with Crippen LogP contribution in [-0.4, -0.2) is 26.9 Å². The number of rotatable bonds is 7. The monoisotopic (exact) mass is 607 g/mol. The zero-order valence-corrected chi connectivity index (χ0v) is 25.0. The molecule has 1 atom stereocenters. The zero-order chi connectivity index (χ0) is 27.6. The first-order valence-corrected chi connectivity index (χ1v) is 15.2. The van der Waals surface area contributed by atoms with Crippen molar-refractivity contribution >= 4 is 50.2 Å². The third-order valence-corrected chi connectivity index (χ3v) is 8.90. The molecule has 1 aliphatic heterocycles. The van der Waals surface area contributed by atoms with Gasteiger partial charge in [0.15, 0.2) is 0 Å². The second kappa shape index (κ2) is 11.5. The van der Waals surface area contributed by atoms with Crippen molar-refractivity contribution in [3.05, 3.63) is 136 Å². The van der Waals surface area contributed by atoms with E-state index in [0.717, 1.165) is 32.8 Å². The van der Waals surface area contributed by atoms with Gasteiger partial charge in [-0.05, 0) is 48.7 Å². The van der Waals surface area contributed by atoms with E-state index in [1.54, 1.807) is 16.8 Å². The van der Waals surface area contributed by atoms with Gasteiger partial charge in [0.25, 0.3) is 5.91 Å². The number of carbonyl (C=O) groups is 1. The molecule has 0 bridgehead atoms. The summed E-state index contributed by atoms with van der Waals surface area (Å²) in [5, 5.41) is 7.76. The van der Waals surface area contributed by atoms with Crippen LogP contribution in [0.25, 0.3) is 10.9 Å². The van der Waals surface area contributed by atoms with E-state index in [1.807, 2.05) is 12.1 Å². The first-order chi connectivity index (χ1) is 19.4. The van der Waals surface area contributed by atoms with Gasteiger partial charge in [0.1, 0.15) is 0 Å². The number of carbonyl (C=O) groups excluding carboxylic acids is 1. The van der Waals surface area contributed by atoms with Gasteiger partial charge in [-0.1, -0.05) is 106 Å². The van der Waals surface area contributed by atoms with Crippen LogP contribution in [0.15, 0.2) is 118 Å². The summed E-state index contributed by atoms with van der Waals surface area (Å²) in [5.41, 5.74) is 7.98. The number of nitrogens with zero attached hydrogens (tertiary/aromatic N) is 3. The SMILES string of the molecule is Cc1ccc(C2CC(c3ccc(Br)cc3)=NN2C(=O)CSc2cn(Cc3cccc(C)c3)c3ccccc23)cc1. The van der Waals surface area contributed by atoms with Gasteiger partial charge in [-0.3, -0.25) is 4.79 Å². The normalized spacial score (nSPS) is 15.0. The summed E-state index contributed by atoms with van der Waals surface area (Å²) in [4.78, 5) is 14.9. The summed E-state index contributed by atoms with van der Waals surface area (Å²) in [5.74, 6) is 0.330. The number of hydrogen-bond donors (Lipinski definition) is 0. The minimum atomic E-state index is -0.116. The Kier molecular flexibility index (Phi) is 7.63. The third kappa shape index (κ3) is 5.65. The molecule has 1 aromatic heterocycles. The molecule has 5 aromatic rings.